The predicted octanol–water partition coefficient (Wildman–Crippen LogP) is 1.54. The lowest BCUT2D eigenvalue weighted by Crippen LogP contribution is -2.20. The van der Waals surface area contributed by atoms with E-state index in [4.69, 9.17) is 10.5 Å². The van der Waals surface area contributed by atoms with Crippen LogP contribution in [0.1, 0.15) is 20.3 Å². The Balaban J connectivity index is 2.55. The van der Waals surface area contributed by atoms with Crippen molar-refractivity contribution in [3.05, 3.63) is 24.3 Å². The second-order valence-corrected chi connectivity index (χ2v) is 4.08. The van der Waals surface area contributed by atoms with Crippen molar-refractivity contribution in [3.8, 4) is 5.75 Å². The van der Waals surface area contributed by atoms with E-state index >= 15 is 0 Å². The molecule has 0 aromatic heterocycles. The van der Waals surface area contributed by atoms with E-state index in [1.807, 2.05) is 13.8 Å². The van der Waals surface area contributed by atoms with E-state index in [0.29, 0.717) is 11.4 Å². The number of anilines is 1. The van der Waals surface area contributed by atoms with E-state index in [1.54, 1.807) is 24.3 Å². The highest BCUT2D eigenvalue weighted by molar-refractivity contribution is 5.92. The maximum atomic E-state index is 11.6. The number of benzene rings is 1. The third-order valence-corrected chi connectivity index (χ3v) is 2.56. The summed E-state index contributed by atoms with van der Waals surface area (Å²) in [5.74, 6) is -0.0152. The number of rotatable bonds is 6. The molecule has 0 saturated carbocycles. The molecule has 1 unspecified atom stereocenters. The van der Waals surface area contributed by atoms with Gasteiger partial charge in [-0.3, -0.25) is 9.59 Å². The summed E-state index contributed by atoms with van der Waals surface area (Å²) in [6.07, 6.45) is 0.797. The Morgan fingerprint density at radius 1 is 1.33 bits per heavy atom. The lowest BCUT2D eigenvalue weighted by atomic mass is 10.1. The SMILES string of the molecule is CCC(C)C(=O)Nc1ccc(OCC(N)=O)cc1. The zero-order valence-electron chi connectivity index (χ0n) is 10.6. The Morgan fingerprint density at radius 3 is 2.44 bits per heavy atom. The molecule has 0 aliphatic rings. The lowest BCUT2D eigenvalue weighted by molar-refractivity contribution is -0.120. The van der Waals surface area contributed by atoms with Crippen molar-refractivity contribution in [3.63, 3.8) is 0 Å². The van der Waals surface area contributed by atoms with Crippen molar-refractivity contribution in [2.75, 3.05) is 11.9 Å². The summed E-state index contributed by atoms with van der Waals surface area (Å²) >= 11 is 0. The third kappa shape index (κ3) is 4.45. The molecule has 1 aromatic carbocycles. The van der Waals surface area contributed by atoms with Gasteiger partial charge < -0.3 is 15.8 Å². The van der Waals surface area contributed by atoms with Gasteiger partial charge in [0.1, 0.15) is 5.75 Å². The highest BCUT2D eigenvalue weighted by Gasteiger charge is 2.10. The Hall–Kier alpha value is -2.04. The van der Waals surface area contributed by atoms with E-state index in [0.717, 1.165) is 6.42 Å². The van der Waals surface area contributed by atoms with Crippen molar-refractivity contribution < 1.29 is 14.3 Å². The number of amides is 2. The Labute approximate surface area is 106 Å². The number of primary amides is 1. The number of nitrogens with two attached hydrogens (primary N) is 1. The molecule has 0 saturated heterocycles. The van der Waals surface area contributed by atoms with Gasteiger partial charge in [0.2, 0.25) is 5.91 Å². The van der Waals surface area contributed by atoms with Gasteiger partial charge in [0.05, 0.1) is 0 Å². The first-order chi connectivity index (χ1) is 8.52. The quantitative estimate of drug-likeness (QED) is 0.803. The smallest absolute Gasteiger partial charge is 0.255 e. The minimum absolute atomic E-state index is 0.0108. The molecule has 0 bridgehead atoms. The highest BCUT2D eigenvalue weighted by atomic mass is 16.5. The summed E-state index contributed by atoms with van der Waals surface area (Å²) in [7, 11) is 0. The van der Waals surface area contributed by atoms with Crippen LogP contribution in [0.4, 0.5) is 5.69 Å². The van der Waals surface area contributed by atoms with E-state index in [1.165, 1.54) is 0 Å². The van der Waals surface area contributed by atoms with Crippen LogP contribution in [0.5, 0.6) is 5.75 Å². The van der Waals surface area contributed by atoms with Gasteiger partial charge in [-0.2, -0.15) is 0 Å². The van der Waals surface area contributed by atoms with E-state index in [-0.39, 0.29) is 18.4 Å². The van der Waals surface area contributed by atoms with Gasteiger partial charge in [-0.1, -0.05) is 13.8 Å². The minimum Gasteiger partial charge on any atom is -0.484 e. The van der Waals surface area contributed by atoms with Crippen molar-refractivity contribution in [2.45, 2.75) is 20.3 Å². The van der Waals surface area contributed by atoms with Gasteiger partial charge in [-0.15, -0.1) is 0 Å². The molecule has 1 aromatic rings. The fourth-order valence-corrected chi connectivity index (χ4v) is 1.24. The van der Waals surface area contributed by atoms with Gasteiger partial charge in [-0.25, -0.2) is 0 Å². The number of nitrogens with one attached hydrogen (secondary N) is 1. The van der Waals surface area contributed by atoms with Crippen LogP contribution in [0.3, 0.4) is 0 Å². The number of ether oxygens (including phenoxy) is 1. The summed E-state index contributed by atoms with van der Waals surface area (Å²) in [5, 5.41) is 2.80. The van der Waals surface area contributed by atoms with Gasteiger partial charge in [-0.05, 0) is 30.7 Å². The minimum atomic E-state index is -0.524. The monoisotopic (exact) mass is 250 g/mol. The molecule has 0 aliphatic heterocycles. The Kier molecular flexibility index (Phi) is 5.17. The molecule has 2 amide bonds. The van der Waals surface area contributed by atoms with Gasteiger partial charge in [0.25, 0.3) is 5.91 Å². The fourth-order valence-electron chi connectivity index (χ4n) is 1.24. The topological polar surface area (TPSA) is 81.4 Å². The molecule has 0 fully saturated rings. The molecule has 5 nitrogen and oxygen atoms in total. The van der Waals surface area contributed by atoms with Crippen LogP contribution < -0.4 is 15.8 Å². The van der Waals surface area contributed by atoms with Crippen LogP contribution in [-0.2, 0) is 9.59 Å². The van der Waals surface area contributed by atoms with Crippen LogP contribution in [0.15, 0.2) is 24.3 Å². The lowest BCUT2D eigenvalue weighted by Gasteiger charge is -2.10. The second kappa shape index (κ2) is 6.64. The van der Waals surface area contributed by atoms with Crippen LogP contribution in [0, 0.1) is 5.92 Å². The first-order valence-corrected chi connectivity index (χ1v) is 5.85. The summed E-state index contributed by atoms with van der Waals surface area (Å²) in [6, 6.07) is 6.79. The van der Waals surface area contributed by atoms with E-state index in [2.05, 4.69) is 5.32 Å². The molecule has 0 spiro atoms. The second-order valence-electron chi connectivity index (χ2n) is 4.08. The fraction of sp³-hybridized carbons (Fsp3) is 0.385. The zero-order chi connectivity index (χ0) is 13.5. The molecule has 1 atom stereocenters. The van der Waals surface area contributed by atoms with Crippen LogP contribution >= 0.6 is 0 Å². The standard InChI is InChI=1S/C13H18N2O3/c1-3-9(2)13(17)15-10-4-6-11(7-5-10)18-8-12(14)16/h4-7,9H,3,8H2,1-2H3,(H2,14,16)(H,15,17). The van der Waals surface area contributed by atoms with Crippen LogP contribution in [0.2, 0.25) is 0 Å². The molecule has 1 rings (SSSR count). The number of hydrogen-bond donors (Lipinski definition) is 2. The average molecular weight is 250 g/mol. The van der Waals surface area contributed by atoms with Crippen LogP contribution in [-0.4, -0.2) is 18.4 Å². The summed E-state index contributed by atoms with van der Waals surface area (Å²) in [6.45, 7) is 3.68. The maximum Gasteiger partial charge on any atom is 0.255 e. The number of carbonyl (C=O) groups excluding carboxylic acids is 2. The molecule has 0 heterocycles. The molecule has 5 heteroatoms. The normalized spacial score (nSPS) is 11.7. The molecular formula is C13H18N2O3. The van der Waals surface area contributed by atoms with E-state index < -0.39 is 5.91 Å². The van der Waals surface area contributed by atoms with Gasteiger partial charge in [0.15, 0.2) is 6.61 Å². The average Bonchev–Trinajstić information content (AvgIpc) is 2.36. The summed E-state index contributed by atoms with van der Waals surface area (Å²) in [5.41, 5.74) is 5.66. The zero-order valence-corrected chi connectivity index (χ0v) is 10.6. The number of carbonyl (C=O) groups is 2. The van der Waals surface area contributed by atoms with Crippen molar-refractivity contribution in [2.24, 2.45) is 11.7 Å². The molecule has 0 aliphatic carbocycles. The molecular weight excluding hydrogens is 232 g/mol. The van der Waals surface area contributed by atoms with Crippen molar-refractivity contribution >= 4 is 17.5 Å². The largest absolute Gasteiger partial charge is 0.484 e. The summed E-state index contributed by atoms with van der Waals surface area (Å²) < 4.78 is 5.11. The van der Waals surface area contributed by atoms with Crippen molar-refractivity contribution in [1.82, 2.24) is 0 Å². The highest BCUT2D eigenvalue weighted by Crippen LogP contribution is 2.16. The van der Waals surface area contributed by atoms with E-state index in [9.17, 15) is 9.59 Å². The Bertz CT molecular complexity index is 415. The molecule has 3 N–H and O–H groups in total. The summed E-state index contributed by atoms with van der Waals surface area (Å²) in [4.78, 5) is 22.2. The Morgan fingerprint density at radius 2 is 1.94 bits per heavy atom. The van der Waals surface area contributed by atoms with Gasteiger partial charge in [0, 0.05) is 11.6 Å². The number of hydrogen-bond acceptors (Lipinski definition) is 3. The maximum absolute atomic E-state index is 11.6. The first-order valence-electron chi connectivity index (χ1n) is 5.85. The molecule has 0 radical (unpaired) electrons. The van der Waals surface area contributed by atoms with Gasteiger partial charge >= 0.3 is 0 Å². The van der Waals surface area contributed by atoms with Crippen LogP contribution in [0.25, 0.3) is 0 Å². The van der Waals surface area contributed by atoms with Crippen molar-refractivity contribution in [1.29, 1.82) is 0 Å². The molecule has 18 heavy (non-hydrogen) atoms. The third-order valence-electron chi connectivity index (χ3n) is 2.56. The first kappa shape index (κ1) is 14.0. The predicted molar refractivity (Wildman–Crippen MR) is 69.2 cm³/mol. The molecule has 98 valence electrons.